The van der Waals surface area contributed by atoms with Crippen molar-refractivity contribution >= 4 is 44.5 Å². The third kappa shape index (κ3) is 1.93. The Bertz CT molecular complexity index is 1170. The number of benzene rings is 4. The predicted octanol–water partition coefficient (Wildman–Crippen LogP) is 6.75. The normalized spacial score (nSPS) is 13.5. The van der Waals surface area contributed by atoms with Crippen molar-refractivity contribution in [2.45, 2.75) is 13.3 Å². The highest BCUT2D eigenvalue weighted by molar-refractivity contribution is 6.14. The summed E-state index contributed by atoms with van der Waals surface area (Å²) in [4.78, 5) is 0. The monoisotopic (exact) mass is 306 g/mol. The fourth-order valence-electron chi connectivity index (χ4n) is 3.95. The van der Waals surface area contributed by atoms with Crippen molar-refractivity contribution < 1.29 is 0 Å². The maximum Gasteiger partial charge on any atom is -0.00879 e. The molecule has 24 heavy (non-hydrogen) atoms. The molecule has 4 aromatic rings. The third-order valence-electron chi connectivity index (χ3n) is 5.11. The highest BCUT2D eigenvalue weighted by atomic mass is 14.1. The van der Waals surface area contributed by atoms with Gasteiger partial charge in [-0.3, -0.25) is 0 Å². The lowest BCUT2D eigenvalue weighted by atomic mass is 9.94. The van der Waals surface area contributed by atoms with Crippen LogP contribution in [0.2, 0.25) is 0 Å². The predicted molar refractivity (Wildman–Crippen MR) is 106 cm³/mol. The number of allylic oxidation sites excluding steroid dienone is 2. The lowest BCUT2D eigenvalue weighted by Crippen LogP contribution is -1.86. The van der Waals surface area contributed by atoms with Crippen LogP contribution < -0.4 is 0 Å². The van der Waals surface area contributed by atoms with Gasteiger partial charge in [-0.2, -0.15) is 0 Å². The molecular weight excluding hydrogens is 288 g/mol. The van der Waals surface area contributed by atoms with E-state index < -0.39 is 0 Å². The van der Waals surface area contributed by atoms with Gasteiger partial charge in [0.25, 0.3) is 0 Å². The molecule has 0 aromatic heterocycles. The van der Waals surface area contributed by atoms with Crippen molar-refractivity contribution in [3.05, 3.63) is 83.4 Å². The van der Waals surface area contributed by atoms with Crippen LogP contribution in [0, 0.1) is 0 Å². The smallest absolute Gasteiger partial charge is 0.00879 e. The van der Waals surface area contributed by atoms with Gasteiger partial charge >= 0.3 is 0 Å². The summed E-state index contributed by atoms with van der Waals surface area (Å²) in [6.07, 6.45) is 9.84. The molecule has 0 N–H and O–H groups in total. The van der Waals surface area contributed by atoms with Crippen molar-refractivity contribution in [2.75, 3.05) is 0 Å². The topological polar surface area (TPSA) is 0 Å². The number of rotatable bonds is 1. The summed E-state index contributed by atoms with van der Waals surface area (Å²) in [7, 11) is 0. The van der Waals surface area contributed by atoms with Crippen LogP contribution in [-0.2, 0) is 6.42 Å². The average Bonchev–Trinajstić information content (AvgIpc) is 3.09. The summed E-state index contributed by atoms with van der Waals surface area (Å²) in [5.41, 5.74) is 4.10. The minimum atomic E-state index is 1.06. The Kier molecular flexibility index (Phi) is 2.87. The van der Waals surface area contributed by atoms with Crippen LogP contribution in [0.3, 0.4) is 0 Å². The molecule has 1 aliphatic rings. The van der Waals surface area contributed by atoms with E-state index in [9.17, 15) is 0 Å². The first-order valence-electron chi connectivity index (χ1n) is 8.55. The van der Waals surface area contributed by atoms with Gasteiger partial charge in [-0.25, -0.2) is 0 Å². The van der Waals surface area contributed by atoms with Crippen molar-refractivity contribution in [1.29, 1.82) is 0 Å². The summed E-state index contributed by atoms with van der Waals surface area (Å²) >= 11 is 0. The Morgan fingerprint density at radius 2 is 1.62 bits per heavy atom. The Labute approximate surface area is 141 Å². The summed E-state index contributed by atoms with van der Waals surface area (Å²) < 4.78 is 0. The standard InChI is InChI=1S/C24H18/c1-2-4-16-7-8-18-15-24-19(14-20(18)13-16)10-12-22-21-6-3-5-17(21)9-11-23(22)24/h2-4,6-15H,5H2,1H3/b4-2+. The number of hydrogen-bond acceptors (Lipinski definition) is 0. The average molecular weight is 306 g/mol. The molecule has 0 heteroatoms. The van der Waals surface area contributed by atoms with E-state index >= 15 is 0 Å². The Morgan fingerprint density at radius 1 is 0.750 bits per heavy atom. The van der Waals surface area contributed by atoms with E-state index in [1.54, 1.807) is 0 Å². The first-order valence-corrected chi connectivity index (χ1v) is 8.55. The molecule has 0 fully saturated rings. The molecule has 0 saturated carbocycles. The maximum atomic E-state index is 2.34. The molecule has 4 aromatic carbocycles. The molecular formula is C24H18. The number of fused-ring (bicyclic) bond motifs is 6. The van der Waals surface area contributed by atoms with Gasteiger partial charge in [0.1, 0.15) is 0 Å². The summed E-state index contributed by atoms with van der Waals surface area (Å²) in [6.45, 7) is 2.06. The lowest BCUT2D eigenvalue weighted by molar-refractivity contribution is 1.32. The van der Waals surface area contributed by atoms with Gasteiger partial charge in [-0.05, 0) is 80.6 Å². The van der Waals surface area contributed by atoms with Crippen molar-refractivity contribution in [1.82, 2.24) is 0 Å². The van der Waals surface area contributed by atoms with Gasteiger partial charge in [0.15, 0.2) is 0 Å². The zero-order valence-corrected chi connectivity index (χ0v) is 13.7. The molecule has 0 saturated heterocycles. The van der Waals surface area contributed by atoms with E-state index in [0.29, 0.717) is 0 Å². The fourth-order valence-corrected chi connectivity index (χ4v) is 3.95. The van der Waals surface area contributed by atoms with Crippen LogP contribution in [0.15, 0.2) is 66.7 Å². The van der Waals surface area contributed by atoms with E-state index in [0.717, 1.165) is 6.42 Å². The van der Waals surface area contributed by atoms with Crippen LogP contribution in [-0.4, -0.2) is 0 Å². The van der Waals surface area contributed by atoms with Crippen LogP contribution in [0.5, 0.6) is 0 Å². The van der Waals surface area contributed by atoms with Crippen LogP contribution in [0.4, 0.5) is 0 Å². The van der Waals surface area contributed by atoms with Gasteiger partial charge in [-0.1, -0.05) is 60.7 Å². The molecule has 1 aliphatic carbocycles. The minimum absolute atomic E-state index is 1.06. The van der Waals surface area contributed by atoms with Crippen molar-refractivity contribution in [3.8, 4) is 0 Å². The SMILES string of the molecule is C/C=C/c1ccc2cc3c(ccc4c5c(ccc43)CC=C5)cc2c1. The Morgan fingerprint density at radius 3 is 2.54 bits per heavy atom. The third-order valence-corrected chi connectivity index (χ3v) is 5.11. The molecule has 0 nitrogen and oxygen atoms in total. The number of hydrogen-bond donors (Lipinski definition) is 0. The quantitative estimate of drug-likeness (QED) is 0.269. The second-order valence-electron chi connectivity index (χ2n) is 6.59. The highest BCUT2D eigenvalue weighted by Crippen LogP contribution is 2.35. The Balaban J connectivity index is 1.86. The summed E-state index contributed by atoms with van der Waals surface area (Å²) in [6, 6.07) is 20.5. The van der Waals surface area contributed by atoms with Gasteiger partial charge in [0, 0.05) is 0 Å². The summed E-state index contributed by atoms with van der Waals surface area (Å²) in [5.74, 6) is 0. The summed E-state index contributed by atoms with van der Waals surface area (Å²) in [5, 5.41) is 8.00. The molecule has 0 radical (unpaired) electrons. The van der Waals surface area contributed by atoms with E-state index in [1.165, 1.54) is 49.0 Å². The van der Waals surface area contributed by atoms with E-state index in [1.807, 2.05) is 0 Å². The zero-order valence-electron chi connectivity index (χ0n) is 13.7. The molecule has 0 spiro atoms. The van der Waals surface area contributed by atoms with Crippen LogP contribution in [0.1, 0.15) is 23.6 Å². The largest absolute Gasteiger partial charge is 0.0871 e. The molecule has 0 heterocycles. The van der Waals surface area contributed by atoms with Gasteiger partial charge in [-0.15, -0.1) is 0 Å². The molecule has 0 amide bonds. The maximum absolute atomic E-state index is 2.34. The van der Waals surface area contributed by atoms with Crippen LogP contribution in [0.25, 0.3) is 44.5 Å². The van der Waals surface area contributed by atoms with E-state index in [4.69, 9.17) is 0 Å². The highest BCUT2D eigenvalue weighted by Gasteiger charge is 2.11. The molecule has 5 rings (SSSR count). The van der Waals surface area contributed by atoms with E-state index in [2.05, 4.69) is 85.8 Å². The van der Waals surface area contributed by atoms with E-state index in [-0.39, 0.29) is 0 Å². The lowest BCUT2D eigenvalue weighted by Gasteiger charge is -2.10. The second-order valence-corrected chi connectivity index (χ2v) is 6.59. The zero-order chi connectivity index (χ0) is 16.1. The first kappa shape index (κ1) is 13.6. The fraction of sp³-hybridized carbons (Fsp3) is 0.0833. The second kappa shape index (κ2) is 5.07. The van der Waals surface area contributed by atoms with Gasteiger partial charge in [0.2, 0.25) is 0 Å². The first-order chi connectivity index (χ1) is 11.8. The Hall–Kier alpha value is -2.86. The molecule has 0 unspecified atom stereocenters. The van der Waals surface area contributed by atoms with Crippen molar-refractivity contribution in [2.24, 2.45) is 0 Å². The molecule has 0 bridgehead atoms. The molecule has 114 valence electrons. The molecule has 0 aliphatic heterocycles. The van der Waals surface area contributed by atoms with Gasteiger partial charge < -0.3 is 0 Å². The van der Waals surface area contributed by atoms with Crippen LogP contribution >= 0.6 is 0 Å². The van der Waals surface area contributed by atoms with Crippen molar-refractivity contribution in [3.63, 3.8) is 0 Å². The minimum Gasteiger partial charge on any atom is -0.0871 e. The van der Waals surface area contributed by atoms with Gasteiger partial charge in [0.05, 0.1) is 0 Å². The molecule has 0 atom stereocenters.